The average Bonchev–Trinajstić information content (AvgIpc) is 2.20. The molecule has 1 atom stereocenters. The lowest BCUT2D eigenvalue weighted by Gasteiger charge is -2.09. The third kappa shape index (κ3) is 2.56. The second kappa shape index (κ2) is 5.12. The van der Waals surface area contributed by atoms with E-state index in [9.17, 15) is 9.18 Å². The van der Waals surface area contributed by atoms with Crippen LogP contribution < -0.4 is 0 Å². The predicted molar refractivity (Wildman–Crippen MR) is 54.2 cm³/mol. The van der Waals surface area contributed by atoms with Gasteiger partial charge in [0.15, 0.2) is 6.29 Å². The normalized spacial score (nSPS) is 12.5. The molecule has 1 N–H and O–H groups in total. The molecule has 1 unspecified atom stereocenters. The number of benzene rings is 1. The molecule has 1 aromatic rings. The van der Waals surface area contributed by atoms with Crippen molar-refractivity contribution >= 4 is 18.0 Å². The number of aldehydes is 1. The Morgan fingerprint density at radius 3 is 2.93 bits per heavy atom. The van der Waals surface area contributed by atoms with Crippen LogP contribution in [0.4, 0.5) is 4.39 Å². The van der Waals surface area contributed by atoms with Crippen molar-refractivity contribution in [3.63, 3.8) is 0 Å². The van der Waals surface area contributed by atoms with Gasteiger partial charge < -0.3 is 5.11 Å². The molecule has 4 heteroatoms. The number of thioether (sulfide) groups is 1. The van der Waals surface area contributed by atoms with Gasteiger partial charge in [0.1, 0.15) is 5.82 Å². The molecule has 0 amide bonds. The first-order valence-corrected chi connectivity index (χ1v) is 5.08. The van der Waals surface area contributed by atoms with Gasteiger partial charge in [-0.2, -0.15) is 0 Å². The topological polar surface area (TPSA) is 37.3 Å². The Bertz CT molecular complexity index is 328. The van der Waals surface area contributed by atoms with E-state index in [1.165, 1.54) is 23.9 Å². The van der Waals surface area contributed by atoms with Crippen molar-refractivity contribution in [3.05, 3.63) is 29.6 Å². The second-order valence-electron chi connectivity index (χ2n) is 2.89. The van der Waals surface area contributed by atoms with E-state index in [2.05, 4.69) is 0 Å². The van der Waals surface area contributed by atoms with Crippen molar-refractivity contribution in [2.24, 2.45) is 0 Å². The minimum Gasteiger partial charge on any atom is -0.395 e. The number of aliphatic hydroxyl groups excluding tert-OH is 1. The molecule has 0 bridgehead atoms. The van der Waals surface area contributed by atoms with Crippen molar-refractivity contribution in [2.75, 3.05) is 6.61 Å². The fraction of sp³-hybridized carbons (Fsp3) is 0.300. The zero-order valence-corrected chi connectivity index (χ0v) is 8.55. The summed E-state index contributed by atoms with van der Waals surface area (Å²) in [6.07, 6.45) is 0.621. The van der Waals surface area contributed by atoms with Crippen molar-refractivity contribution in [1.29, 1.82) is 0 Å². The number of carbonyl (C=O) groups excluding carboxylic acids is 1. The first-order valence-electron chi connectivity index (χ1n) is 4.20. The largest absolute Gasteiger partial charge is 0.395 e. The van der Waals surface area contributed by atoms with Gasteiger partial charge in [-0.15, -0.1) is 11.8 Å². The van der Waals surface area contributed by atoms with Gasteiger partial charge in [0, 0.05) is 10.8 Å². The highest BCUT2D eigenvalue weighted by Gasteiger charge is 2.11. The first kappa shape index (κ1) is 11.2. The Morgan fingerprint density at radius 2 is 2.36 bits per heavy atom. The van der Waals surface area contributed by atoms with Crippen molar-refractivity contribution in [1.82, 2.24) is 0 Å². The zero-order chi connectivity index (χ0) is 10.6. The SMILES string of the molecule is CC(CO)Sc1c(F)cccc1C=O. The quantitative estimate of drug-likeness (QED) is 0.616. The molecule has 0 aliphatic carbocycles. The maximum absolute atomic E-state index is 13.3. The summed E-state index contributed by atoms with van der Waals surface area (Å²) in [7, 11) is 0. The van der Waals surface area contributed by atoms with Crippen LogP contribution in [0.15, 0.2) is 23.1 Å². The summed E-state index contributed by atoms with van der Waals surface area (Å²) in [5.41, 5.74) is 0.329. The number of carbonyl (C=O) groups is 1. The van der Waals surface area contributed by atoms with Crippen LogP contribution in [0.25, 0.3) is 0 Å². The Balaban J connectivity index is 2.98. The monoisotopic (exact) mass is 214 g/mol. The number of halogens is 1. The number of aliphatic hydroxyl groups is 1. The molecule has 0 fully saturated rings. The Hall–Kier alpha value is -0.870. The van der Waals surface area contributed by atoms with Crippen LogP contribution >= 0.6 is 11.8 Å². The molecule has 1 aromatic carbocycles. The molecule has 0 radical (unpaired) electrons. The molecule has 76 valence electrons. The van der Waals surface area contributed by atoms with Gasteiger partial charge >= 0.3 is 0 Å². The molecule has 0 saturated heterocycles. The molecule has 0 spiro atoms. The van der Waals surface area contributed by atoms with Gasteiger partial charge in [-0.1, -0.05) is 19.1 Å². The predicted octanol–water partition coefficient (Wildman–Crippen LogP) is 2.11. The summed E-state index contributed by atoms with van der Waals surface area (Å²) in [5, 5.41) is 8.70. The number of hydrogen-bond donors (Lipinski definition) is 1. The summed E-state index contributed by atoms with van der Waals surface area (Å²) < 4.78 is 13.3. The summed E-state index contributed by atoms with van der Waals surface area (Å²) in [6.45, 7) is 1.73. The first-order chi connectivity index (χ1) is 6.69. The molecule has 0 heterocycles. The van der Waals surface area contributed by atoms with Gasteiger partial charge in [0.05, 0.1) is 11.5 Å². The third-order valence-electron chi connectivity index (χ3n) is 1.70. The summed E-state index contributed by atoms with van der Waals surface area (Å²) in [5.74, 6) is -0.417. The minimum atomic E-state index is -0.417. The van der Waals surface area contributed by atoms with E-state index in [-0.39, 0.29) is 11.9 Å². The van der Waals surface area contributed by atoms with Gasteiger partial charge in [0.25, 0.3) is 0 Å². The van der Waals surface area contributed by atoms with E-state index >= 15 is 0 Å². The van der Waals surface area contributed by atoms with Crippen molar-refractivity contribution in [3.8, 4) is 0 Å². The summed E-state index contributed by atoms with van der Waals surface area (Å²) in [4.78, 5) is 10.9. The van der Waals surface area contributed by atoms with Gasteiger partial charge in [-0.3, -0.25) is 4.79 Å². The molecule has 0 aliphatic heterocycles. The van der Waals surface area contributed by atoms with Crippen LogP contribution in [0.5, 0.6) is 0 Å². The Morgan fingerprint density at radius 1 is 1.64 bits per heavy atom. The molecular formula is C10H11FO2S. The Labute approximate surface area is 86.1 Å². The average molecular weight is 214 g/mol. The maximum atomic E-state index is 13.3. The van der Waals surface area contributed by atoms with Crippen LogP contribution in [-0.2, 0) is 0 Å². The van der Waals surface area contributed by atoms with Crippen LogP contribution in [0.2, 0.25) is 0 Å². The highest BCUT2D eigenvalue weighted by Crippen LogP contribution is 2.28. The summed E-state index contributed by atoms with van der Waals surface area (Å²) in [6, 6.07) is 4.36. The van der Waals surface area contributed by atoms with E-state index in [1.807, 2.05) is 0 Å². The highest BCUT2D eigenvalue weighted by molar-refractivity contribution is 8.00. The van der Waals surface area contributed by atoms with E-state index in [0.717, 1.165) is 0 Å². The third-order valence-corrected chi connectivity index (χ3v) is 2.92. The lowest BCUT2D eigenvalue weighted by atomic mass is 10.2. The fourth-order valence-corrected chi connectivity index (χ4v) is 1.89. The molecule has 0 aliphatic rings. The minimum absolute atomic E-state index is 0.0443. The second-order valence-corrected chi connectivity index (χ2v) is 4.34. The van der Waals surface area contributed by atoms with E-state index in [0.29, 0.717) is 16.7 Å². The van der Waals surface area contributed by atoms with E-state index in [1.54, 1.807) is 13.0 Å². The molecule has 0 aromatic heterocycles. The molecule has 1 rings (SSSR count). The van der Waals surface area contributed by atoms with Gasteiger partial charge in [-0.25, -0.2) is 4.39 Å². The summed E-state index contributed by atoms with van der Waals surface area (Å²) >= 11 is 1.17. The number of rotatable bonds is 4. The lowest BCUT2D eigenvalue weighted by molar-refractivity contribution is 0.112. The molecule has 14 heavy (non-hydrogen) atoms. The highest BCUT2D eigenvalue weighted by atomic mass is 32.2. The smallest absolute Gasteiger partial charge is 0.151 e. The van der Waals surface area contributed by atoms with Crippen LogP contribution in [-0.4, -0.2) is 23.2 Å². The lowest BCUT2D eigenvalue weighted by Crippen LogP contribution is -2.03. The van der Waals surface area contributed by atoms with Gasteiger partial charge in [0.2, 0.25) is 0 Å². The number of hydrogen-bond acceptors (Lipinski definition) is 3. The molecule has 0 saturated carbocycles. The van der Waals surface area contributed by atoms with E-state index < -0.39 is 5.82 Å². The Kier molecular flexibility index (Phi) is 4.10. The zero-order valence-electron chi connectivity index (χ0n) is 7.74. The van der Waals surface area contributed by atoms with Crippen LogP contribution in [0.1, 0.15) is 17.3 Å². The standard InChI is InChI=1S/C10H11FO2S/c1-7(5-12)14-10-8(6-13)3-2-4-9(10)11/h2-4,6-7,12H,5H2,1H3. The maximum Gasteiger partial charge on any atom is 0.151 e. The molecule has 2 nitrogen and oxygen atoms in total. The fourth-order valence-electron chi connectivity index (χ4n) is 0.981. The van der Waals surface area contributed by atoms with Crippen LogP contribution in [0.3, 0.4) is 0 Å². The van der Waals surface area contributed by atoms with Crippen LogP contribution in [0, 0.1) is 5.82 Å². The molecular weight excluding hydrogens is 203 g/mol. The van der Waals surface area contributed by atoms with E-state index in [4.69, 9.17) is 5.11 Å². The van der Waals surface area contributed by atoms with Crippen molar-refractivity contribution in [2.45, 2.75) is 17.1 Å². The van der Waals surface area contributed by atoms with Gasteiger partial charge in [-0.05, 0) is 6.07 Å². The van der Waals surface area contributed by atoms with Crippen molar-refractivity contribution < 1.29 is 14.3 Å².